The fourth-order valence-electron chi connectivity index (χ4n) is 4.59. The van der Waals surface area contributed by atoms with Gasteiger partial charge < -0.3 is 15.0 Å². The molecule has 0 radical (unpaired) electrons. The number of amides is 1. The number of aromatic nitrogens is 1. The molecule has 6 heteroatoms. The third kappa shape index (κ3) is 4.27. The van der Waals surface area contributed by atoms with Crippen LogP contribution in [0.25, 0.3) is 10.9 Å². The van der Waals surface area contributed by atoms with E-state index in [1.54, 1.807) is 11.7 Å². The van der Waals surface area contributed by atoms with E-state index in [1.807, 2.05) is 77.7 Å². The molecule has 1 aliphatic rings. The summed E-state index contributed by atoms with van der Waals surface area (Å²) in [6, 6.07) is 25.3. The minimum atomic E-state index is -0.178. The monoisotopic (exact) mass is 453 g/mol. The fraction of sp³-hybridized carbons (Fsp3) is 0.214. The van der Waals surface area contributed by atoms with E-state index in [0.29, 0.717) is 29.9 Å². The molecule has 1 amide bonds. The fourth-order valence-corrected chi connectivity index (χ4v) is 4.59. The third-order valence-electron chi connectivity index (χ3n) is 6.34. The van der Waals surface area contributed by atoms with Crippen LogP contribution >= 0.6 is 0 Å². The number of fused-ring (bicyclic) bond motifs is 2. The number of benzene rings is 3. The van der Waals surface area contributed by atoms with Crippen LogP contribution in [-0.4, -0.2) is 24.1 Å². The summed E-state index contributed by atoms with van der Waals surface area (Å²) < 4.78 is 6.98. The van der Waals surface area contributed by atoms with E-state index in [9.17, 15) is 9.59 Å². The molecule has 0 bridgehead atoms. The molecule has 3 aromatic carbocycles. The maximum Gasteiger partial charge on any atom is 0.256 e. The number of carbonyl (C=O) groups is 1. The van der Waals surface area contributed by atoms with E-state index < -0.39 is 0 Å². The minimum Gasteiger partial charge on any atom is -0.497 e. The number of hydrogen-bond acceptors (Lipinski definition) is 4. The quantitative estimate of drug-likeness (QED) is 0.463. The van der Waals surface area contributed by atoms with Gasteiger partial charge in [-0.3, -0.25) is 14.2 Å². The number of pyridine rings is 1. The van der Waals surface area contributed by atoms with Crippen LogP contribution in [0.5, 0.6) is 5.75 Å². The molecule has 1 aromatic heterocycles. The van der Waals surface area contributed by atoms with E-state index in [0.717, 1.165) is 29.6 Å². The lowest BCUT2D eigenvalue weighted by atomic mass is 10.0. The van der Waals surface area contributed by atoms with E-state index in [2.05, 4.69) is 11.4 Å². The molecule has 34 heavy (non-hydrogen) atoms. The highest BCUT2D eigenvalue weighted by Gasteiger charge is 2.23. The Bertz CT molecular complexity index is 1400. The van der Waals surface area contributed by atoms with Crippen molar-refractivity contribution in [2.24, 2.45) is 0 Å². The van der Waals surface area contributed by atoms with Crippen molar-refractivity contribution in [2.45, 2.75) is 25.9 Å². The van der Waals surface area contributed by atoms with Gasteiger partial charge in [-0.15, -0.1) is 0 Å². The van der Waals surface area contributed by atoms with Crippen molar-refractivity contribution in [3.05, 3.63) is 100 Å². The van der Waals surface area contributed by atoms with Gasteiger partial charge in [-0.25, -0.2) is 0 Å². The Kier molecular flexibility index (Phi) is 6.04. The first kappa shape index (κ1) is 21.8. The summed E-state index contributed by atoms with van der Waals surface area (Å²) in [6.07, 6.45) is 1.87. The Morgan fingerprint density at radius 3 is 2.62 bits per heavy atom. The lowest BCUT2D eigenvalue weighted by Crippen LogP contribution is -2.40. The van der Waals surface area contributed by atoms with Gasteiger partial charge in [0.15, 0.2) is 0 Å². The Morgan fingerprint density at radius 2 is 1.79 bits per heavy atom. The highest BCUT2D eigenvalue weighted by molar-refractivity contribution is 5.95. The van der Waals surface area contributed by atoms with E-state index in [-0.39, 0.29) is 18.0 Å². The Labute approximate surface area is 198 Å². The molecule has 5 rings (SSSR count). The van der Waals surface area contributed by atoms with E-state index >= 15 is 0 Å². The molecule has 0 atom stereocenters. The van der Waals surface area contributed by atoms with Crippen molar-refractivity contribution < 1.29 is 9.53 Å². The number of nitrogens with zero attached hydrogens (tertiary/aromatic N) is 2. The summed E-state index contributed by atoms with van der Waals surface area (Å²) in [4.78, 5) is 28.9. The summed E-state index contributed by atoms with van der Waals surface area (Å²) in [5.74, 6) is 0.554. The van der Waals surface area contributed by atoms with Gasteiger partial charge in [-0.1, -0.05) is 36.4 Å². The summed E-state index contributed by atoms with van der Waals surface area (Å²) in [5.41, 5.74) is 4.16. The normalized spacial score (nSPS) is 12.9. The highest BCUT2D eigenvalue weighted by atomic mass is 16.5. The molecular formula is C28H27N3O3. The molecular weight excluding hydrogens is 426 g/mol. The van der Waals surface area contributed by atoms with Gasteiger partial charge >= 0.3 is 0 Å². The summed E-state index contributed by atoms with van der Waals surface area (Å²) >= 11 is 0. The Balaban J connectivity index is 1.52. The van der Waals surface area contributed by atoms with Gasteiger partial charge in [0.2, 0.25) is 5.91 Å². The van der Waals surface area contributed by atoms with Gasteiger partial charge in [-0.05, 0) is 60.2 Å². The molecule has 0 fully saturated rings. The largest absolute Gasteiger partial charge is 0.497 e. The second-order valence-electron chi connectivity index (χ2n) is 8.48. The second-order valence-corrected chi connectivity index (χ2v) is 8.48. The number of hydrogen-bond donors (Lipinski definition) is 1. The first-order chi connectivity index (χ1) is 16.6. The van der Waals surface area contributed by atoms with Crippen molar-refractivity contribution in [3.8, 4) is 5.75 Å². The van der Waals surface area contributed by atoms with Gasteiger partial charge in [0, 0.05) is 36.1 Å². The molecule has 0 saturated carbocycles. The number of rotatable bonds is 6. The SMILES string of the molecule is COc1ccc2cc(CNc3ccccc3)c(=O)n(CC(=O)N3CCCc4ccccc43)c2c1. The molecule has 0 saturated heterocycles. The average molecular weight is 454 g/mol. The highest BCUT2D eigenvalue weighted by Crippen LogP contribution is 2.27. The molecule has 1 N–H and O–H groups in total. The van der Waals surface area contributed by atoms with Gasteiger partial charge in [0.25, 0.3) is 5.56 Å². The molecule has 0 unspecified atom stereocenters. The van der Waals surface area contributed by atoms with E-state index in [4.69, 9.17) is 4.74 Å². The summed E-state index contributed by atoms with van der Waals surface area (Å²) in [7, 11) is 1.59. The second kappa shape index (κ2) is 9.43. The summed E-state index contributed by atoms with van der Waals surface area (Å²) in [5, 5.41) is 4.20. The van der Waals surface area contributed by atoms with Crippen LogP contribution in [0, 0.1) is 0 Å². The lowest BCUT2D eigenvalue weighted by Gasteiger charge is -2.30. The number of nitrogens with one attached hydrogen (secondary N) is 1. The van der Waals surface area contributed by atoms with Crippen molar-refractivity contribution in [1.29, 1.82) is 0 Å². The standard InChI is InChI=1S/C28H27N3O3/c1-34-24-14-13-21-16-22(18-29-23-10-3-2-4-11-23)28(33)31(26(21)17-24)19-27(32)30-15-7-9-20-8-5-6-12-25(20)30/h2-6,8,10-14,16-17,29H,7,9,15,18-19H2,1H3. The van der Waals surface area contributed by atoms with Gasteiger partial charge in [0.1, 0.15) is 12.3 Å². The van der Waals surface area contributed by atoms with Crippen molar-refractivity contribution in [3.63, 3.8) is 0 Å². The van der Waals surface area contributed by atoms with Crippen LogP contribution < -0.4 is 20.5 Å². The van der Waals surface area contributed by atoms with Crippen LogP contribution in [0.3, 0.4) is 0 Å². The zero-order valence-corrected chi connectivity index (χ0v) is 19.2. The van der Waals surface area contributed by atoms with E-state index in [1.165, 1.54) is 5.56 Å². The van der Waals surface area contributed by atoms with Crippen LogP contribution in [-0.2, 0) is 24.3 Å². The smallest absolute Gasteiger partial charge is 0.256 e. The molecule has 2 heterocycles. The van der Waals surface area contributed by atoms with Crippen LogP contribution in [0.2, 0.25) is 0 Å². The first-order valence-electron chi connectivity index (χ1n) is 11.5. The zero-order valence-electron chi connectivity index (χ0n) is 19.2. The summed E-state index contributed by atoms with van der Waals surface area (Å²) in [6.45, 7) is 0.989. The maximum atomic E-state index is 13.6. The van der Waals surface area contributed by atoms with Gasteiger partial charge in [0.05, 0.1) is 12.6 Å². The minimum absolute atomic E-state index is 0.0317. The van der Waals surface area contributed by atoms with Crippen LogP contribution in [0.4, 0.5) is 11.4 Å². The molecule has 4 aromatic rings. The number of ether oxygens (including phenoxy) is 1. The number of carbonyl (C=O) groups excluding carboxylic acids is 1. The molecule has 6 nitrogen and oxygen atoms in total. The van der Waals surface area contributed by atoms with Crippen molar-refractivity contribution >= 4 is 28.2 Å². The molecule has 0 spiro atoms. The van der Waals surface area contributed by atoms with Crippen molar-refractivity contribution in [1.82, 2.24) is 4.57 Å². The van der Waals surface area contributed by atoms with Crippen LogP contribution in [0.1, 0.15) is 17.5 Å². The van der Waals surface area contributed by atoms with Crippen molar-refractivity contribution in [2.75, 3.05) is 23.9 Å². The Hall–Kier alpha value is -4.06. The van der Waals surface area contributed by atoms with Crippen LogP contribution in [0.15, 0.2) is 83.7 Å². The zero-order chi connectivity index (χ0) is 23.5. The predicted molar refractivity (Wildman–Crippen MR) is 136 cm³/mol. The maximum absolute atomic E-state index is 13.6. The van der Waals surface area contributed by atoms with Gasteiger partial charge in [-0.2, -0.15) is 0 Å². The first-order valence-corrected chi connectivity index (χ1v) is 11.5. The molecule has 172 valence electrons. The topological polar surface area (TPSA) is 63.6 Å². The molecule has 1 aliphatic heterocycles. The Morgan fingerprint density at radius 1 is 1.00 bits per heavy atom. The predicted octanol–water partition coefficient (Wildman–Crippen LogP) is 4.60. The average Bonchev–Trinajstić information content (AvgIpc) is 2.89. The number of aryl methyl sites for hydroxylation is 1. The number of para-hydroxylation sites is 2. The lowest BCUT2D eigenvalue weighted by molar-refractivity contribution is -0.119. The molecule has 0 aliphatic carbocycles. The number of methoxy groups -OCH3 is 1. The third-order valence-corrected chi connectivity index (χ3v) is 6.34. The number of anilines is 2.